The van der Waals surface area contributed by atoms with Gasteiger partial charge in [-0.3, -0.25) is 4.79 Å². The Morgan fingerprint density at radius 3 is 2.54 bits per heavy atom. The van der Waals surface area contributed by atoms with Crippen LogP contribution in [0.1, 0.15) is 34.1 Å². The fourth-order valence-corrected chi connectivity index (χ4v) is 1.40. The molecule has 80 valence electrons. The number of nitrogens with zero attached hydrogens (tertiary/aromatic N) is 1. The van der Waals surface area contributed by atoms with E-state index in [0.29, 0.717) is 6.04 Å². The Kier molecular flexibility index (Phi) is 10.9. The standard InChI is InChI=1S/C7H14N2O.C2H6.CH4/c1-9-4-2-3-7(5-9)8-6-10;1-2;/h6-7H,2-5H2,1H3,(H,8,10);1-2H3;1H4. The van der Waals surface area contributed by atoms with Crippen LogP contribution >= 0.6 is 0 Å². The van der Waals surface area contributed by atoms with Gasteiger partial charge in [-0.2, -0.15) is 0 Å². The van der Waals surface area contributed by atoms with E-state index in [9.17, 15) is 4.79 Å². The minimum Gasteiger partial charge on any atom is -0.355 e. The second kappa shape index (κ2) is 9.52. The van der Waals surface area contributed by atoms with Crippen LogP contribution in [0.2, 0.25) is 0 Å². The number of likely N-dealkylation sites (N-methyl/N-ethyl adjacent to an activating group) is 1. The van der Waals surface area contributed by atoms with Crippen LogP contribution in [0.25, 0.3) is 0 Å². The molecule has 1 atom stereocenters. The summed E-state index contributed by atoms with van der Waals surface area (Å²) in [6.45, 7) is 6.16. The van der Waals surface area contributed by atoms with Crippen LogP contribution < -0.4 is 5.32 Å². The first kappa shape index (κ1) is 14.9. The van der Waals surface area contributed by atoms with E-state index in [0.717, 1.165) is 25.9 Å². The highest BCUT2D eigenvalue weighted by atomic mass is 16.1. The minimum absolute atomic E-state index is 0. The number of hydrogen-bond donors (Lipinski definition) is 1. The van der Waals surface area contributed by atoms with E-state index in [1.165, 1.54) is 6.42 Å². The molecular weight excluding hydrogens is 164 g/mol. The Morgan fingerprint density at radius 1 is 1.46 bits per heavy atom. The maximum atomic E-state index is 10.1. The van der Waals surface area contributed by atoms with Crippen molar-refractivity contribution in [2.24, 2.45) is 0 Å². The smallest absolute Gasteiger partial charge is 0.207 e. The average Bonchev–Trinajstić information content (AvgIpc) is 2.09. The molecule has 1 unspecified atom stereocenters. The van der Waals surface area contributed by atoms with Crippen molar-refractivity contribution in [2.45, 2.75) is 40.2 Å². The molecule has 3 nitrogen and oxygen atoms in total. The Morgan fingerprint density at radius 2 is 2.08 bits per heavy atom. The highest BCUT2D eigenvalue weighted by Gasteiger charge is 2.15. The third kappa shape index (κ3) is 6.58. The molecule has 1 rings (SSSR count). The van der Waals surface area contributed by atoms with Crippen LogP contribution in [0, 0.1) is 0 Å². The largest absolute Gasteiger partial charge is 0.355 e. The lowest BCUT2D eigenvalue weighted by molar-refractivity contribution is -0.110. The molecule has 3 heteroatoms. The number of piperidine rings is 1. The zero-order chi connectivity index (χ0) is 9.40. The quantitative estimate of drug-likeness (QED) is 0.666. The molecular formula is C10H24N2O. The van der Waals surface area contributed by atoms with E-state index in [4.69, 9.17) is 0 Å². The van der Waals surface area contributed by atoms with Crippen molar-refractivity contribution in [1.82, 2.24) is 10.2 Å². The van der Waals surface area contributed by atoms with Crippen molar-refractivity contribution in [3.8, 4) is 0 Å². The van der Waals surface area contributed by atoms with Gasteiger partial charge in [0.25, 0.3) is 0 Å². The van der Waals surface area contributed by atoms with Crippen molar-refractivity contribution in [3.05, 3.63) is 0 Å². The first-order valence-electron chi connectivity index (χ1n) is 4.71. The molecule has 1 aliphatic rings. The molecule has 0 bridgehead atoms. The Balaban J connectivity index is 0. The average molecular weight is 188 g/mol. The molecule has 1 fully saturated rings. The summed E-state index contributed by atoms with van der Waals surface area (Å²) in [6, 6.07) is 0.385. The molecule has 1 amide bonds. The fourth-order valence-electron chi connectivity index (χ4n) is 1.40. The van der Waals surface area contributed by atoms with Gasteiger partial charge < -0.3 is 10.2 Å². The summed E-state index contributed by atoms with van der Waals surface area (Å²) in [5.41, 5.74) is 0. The van der Waals surface area contributed by atoms with Crippen molar-refractivity contribution < 1.29 is 4.79 Å². The number of likely N-dealkylation sites (tertiary alicyclic amines) is 1. The molecule has 1 N–H and O–H groups in total. The molecule has 1 heterocycles. The summed E-state index contributed by atoms with van der Waals surface area (Å²) in [7, 11) is 2.08. The van der Waals surface area contributed by atoms with Crippen molar-refractivity contribution in [2.75, 3.05) is 20.1 Å². The molecule has 0 aromatic carbocycles. The minimum atomic E-state index is 0. The van der Waals surface area contributed by atoms with Crippen molar-refractivity contribution in [1.29, 1.82) is 0 Å². The van der Waals surface area contributed by atoms with E-state index in [-0.39, 0.29) is 7.43 Å². The highest BCUT2D eigenvalue weighted by Crippen LogP contribution is 2.06. The first-order valence-corrected chi connectivity index (χ1v) is 4.71. The normalized spacial score (nSPS) is 21.9. The summed E-state index contributed by atoms with van der Waals surface area (Å²) in [4.78, 5) is 12.3. The van der Waals surface area contributed by atoms with E-state index in [1.807, 2.05) is 13.8 Å². The number of nitrogens with one attached hydrogen (secondary N) is 1. The van der Waals surface area contributed by atoms with Crippen LogP contribution in [-0.4, -0.2) is 37.5 Å². The van der Waals surface area contributed by atoms with Gasteiger partial charge in [-0.1, -0.05) is 21.3 Å². The Labute approximate surface area is 82.5 Å². The van der Waals surface area contributed by atoms with Gasteiger partial charge in [0.05, 0.1) is 0 Å². The number of hydrogen-bond acceptors (Lipinski definition) is 2. The predicted octanol–water partition coefficient (Wildman–Crippen LogP) is 1.49. The summed E-state index contributed by atoms with van der Waals surface area (Å²) < 4.78 is 0. The maximum absolute atomic E-state index is 10.1. The van der Waals surface area contributed by atoms with Crippen LogP contribution in [0.5, 0.6) is 0 Å². The molecule has 1 saturated heterocycles. The molecule has 0 aromatic heterocycles. The van der Waals surface area contributed by atoms with Crippen molar-refractivity contribution in [3.63, 3.8) is 0 Å². The third-order valence-electron chi connectivity index (χ3n) is 1.93. The number of rotatable bonds is 2. The third-order valence-corrected chi connectivity index (χ3v) is 1.93. The molecule has 0 radical (unpaired) electrons. The molecule has 13 heavy (non-hydrogen) atoms. The summed E-state index contributed by atoms with van der Waals surface area (Å²) in [6.07, 6.45) is 3.12. The van der Waals surface area contributed by atoms with E-state index in [2.05, 4.69) is 17.3 Å². The van der Waals surface area contributed by atoms with Gasteiger partial charge in [0.15, 0.2) is 0 Å². The topological polar surface area (TPSA) is 32.3 Å². The van der Waals surface area contributed by atoms with Gasteiger partial charge in [-0.15, -0.1) is 0 Å². The SMILES string of the molecule is C.CC.CN1CCCC(NC=O)C1. The zero-order valence-electron chi connectivity index (χ0n) is 8.34. The molecule has 0 aromatic rings. The Bertz CT molecular complexity index is 117. The van der Waals surface area contributed by atoms with Gasteiger partial charge in [0.2, 0.25) is 6.41 Å². The Hall–Kier alpha value is -0.570. The first-order chi connectivity index (χ1) is 5.83. The number of carbonyl (C=O) groups excluding carboxylic acids is 1. The number of amides is 1. The van der Waals surface area contributed by atoms with E-state index < -0.39 is 0 Å². The van der Waals surface area contributed by atoms with Crippen LogP contribution in [0.3, 0.4) is 0 Å². The van der Waals surface area contributed by atoms with E-state index >= 15 is 0 Å². The summed E-state index contributed by atoms with van der Waals surface area (Å²) in [5.74, 6) is 0. The fraction of sp³-hybridized carbons (Fsp3) is 0.900. The van der Waals surface area contributed by atoms with Crippen LogP contribution in [0.15, 0.2) is 0 Å². The van der Waals surface area contributed by atoms with Gasteiger partial charge >= 0.3 is 0 Å². The van der Waals surface area contributed by atoms with Gasteiger partial charge in [-0.05, 0) is 26.4 Å². The molecule has 0 aliphatic carbocycles. The molecule has 0 spiro atoms. The van der Waals surface area contributed by atoms with E-state index in [1.54, 1.807) is 0 Å². The summed E-state index contributed by atoms with van der Waals surface area (Å²) in [5, 5.41) is 2.79. The maximum Gasteiger partial charge on any atom is 0.207 e. The van der Waals surface area contributed by atoms with Gasteiger partial charge in [0.1, 0.15) is 0 Å². The lowest BCUT2D eigenvalue weighted by Crippen LogP contribution is -2.43. The second-order valence-corrected chi connectivity index (χ2v) is 2.89. The zero-order valence-corrected chi connectivity index (χ0v) is 8.34. The second-order valence-electron chi connectivity index (χ2n) is 2.89. The van der Waals surface area contributed by atoms with Crippen molar-refractivity contribution >= 4 is 6.41 Å². The van der Waals surface area contributed by atoms with Gasteiger partial charge in [0, 0.05) is 12.6 Å². The van der Waals surface area contributed by atoms with Crippen LogP contribution in [0.4, 0.5) is 0 Å². The molecule has 1 aliphatic heterocycles. The predicted molar refractivity (Wildman–Crippen MR) is 57.8 cm³/mol. The lowest BCUT2D eigenvalue weighted by atomic mass is 10.1. The molecule has 0 saturated carbocycles. The monoisotopic (exact) mass is 188 g/mol. The van der Waals surface area contributed by atoms with Crippen LogP contribution in [-0.2, 0) is 4.79 Å². The number of carbonyl (C=O) groups is 1. The summed E-state index contributed by atoms with van der Waals surface area (Å²) >= 11 is 0. The van der Waals surface area contributed by atoms with Gasteiger partial charge in [-0.25, -0.2) is 0 Å². The lowest BCUT2D eigenvalue weighted by Gasteiger charge is -2.28. The highest BCUT2D eigenvalue weighted by molar-refractivity contribution is 5.46.